The first-order chi connectivity index (χ1) is 14.4. The zero-order valence-corrected chi connectivity index (χ0v) is 16.0. The highest BCUT2D eigenvalue weighted by molar-refractivity contribution is 7.80. The largest absolute Gasteiger partial charge is 0.416 e. The molecular formula is C17H12F6N6OS. The van der Waals surface area contributed by atoms with Crippen LogP contribution in [0.25, 0.3) is 11.4 Å². The Bertz CT molecular complexity index is 1050. The second kappa shape index (κ2) is 8.17. The van der Waals surface area contributed by atoms with E-state index in [1.807, 2.05) is 0 Å². The van der Waals surface area contributed by atoms with E-state index in [0.717, 1.165) is 11.0 Å². The number of thiol groups is 1. The Labute approximate surface area is 175 Å². The number of nitrogens with two attached hydrogens (primary N) is 1. The number of nitrogens with zero attached hydrogens (tertiary/aromatic N) is 5. The molecular weight excluding hydrogens is 450 g/mol. The summed E-state index contributed by atoms with van der Waals surface area (Å²) in [4.78, 5) is 23.2. The van der Waals surface area contributed by atoms with Gasteiger partial charge < -0.3 is 5.73 Å². The first-order valence-corrected chi connectivity index (χ1v) is 8.83. The number of hydrogen-bond acceptors (Lipinski definition) is 6. The van der Waals surface area contributed by atoms with Crippen LogP contribution in [0.5, 0.6) is 0 Å². The molecule has 1 aromatic carbocycles. The van der Waals surface area contributed by atoms with Gasteiger partial charge in [0.2, 0.25) is 5.91 Å². The Hall–Kier alpha value is -3.16. The standard InChI is InChI=1S/C17H12F6N6OS/c18-16(19,20)10-1-8(2-11(3-10)17(21,22)23)14-27-7-29(28-14)15(31)12(13(24)30)9-4-25-6-26-5-9/h1-7,12,15,31H,(H2,24,30)/t12-,15-/m0/s1. The van der Waals surface area contributed by atoms with E-state index in [2.05, 4.69) is 32.7 Å². The molecule has 164 valence electrons. The summed E-state index contributed by atoms with van der Waals surface area (Å²) < 4.78 is 79.5. The number of rotatable bonds is 5. The van der Waals surface area contributed by atoms with Crippen molar-refractivity contribution in [1.29, 1.82) is 0 Å². The molecule has 0 aliphatic heterocycles. The van der Waals surface area contributed by atoms with E-state index in [0.29, 0.717) is 12.1 Å². The van der Waals surface area contributed by atoms with Crippen LogP contribution in [0.15, 0.2) is 43.2 Å². The average Bonchev–Trinajstić information content (AvgIpc) is 3.17. The number of carbonyl (C=O) groups is 1. The van der Waals surface area contributed by atoms with Crippen molar-refractivity contribution in [3.63, 3.8) is 0 Å². The van der Waals surface area contributed by atoms with Crippen LogP contribution < -0.4 is 5.73 Å². The smallest absolute Gasteiger partial charge is 0.369 e. The van der Waals surface area contributed by atoms with E-state index in [-0.39, 0.29) is 11.6 Å². The molecule has 0 radical (unpaired) electrons. The summed E-state index contributed by atoms with van der Waals surface area (Å²) in [5.41, 5.74) is 2.16. The van der Waals surface area contributed by atoms with Gasteiger partial charge in [-0.1, -0.05) is 0 Å². The number of amides is 1. The monoisotopic (exact) mass is 462 g/mol. The molecule has 0 spiro atoms. The van der Waals surface area contributed by atoms with Gasteiger partial charge in [-0.2, -0.15) is 39.0 Å². The minimum atomic E-state index is -5.02. The molecule has 1 amide bonds. The maximum Gasteiger partial charge on any atom is 0.416 e. The number of primary amides is 1. The van der Waals surface area contributed by atoms with Crippen LogP contribution in [0, 0.1) is 0 Å². The van der Waals surface area contributed by atoms with Crippen molar-refractivity contribution in [3.05, 3.63) is 59.9 Å². The Kier molecular flexibility index (Phi) is 5.93. The Balaban J connectivity index is 2.02. The fourth-order valence-electron chi connectivity index (χ4n) is 2.73. The fraction of sp³-hybridized carbons (Fsp3) is 0.235. The second-order valence-electron chi connectivity index (χ2n) is 6.31. The molecule has 0 aliphatic carbocycles. The summed E-state index contributed by atoms with van der Waals surface area (Å²) in [6.45, 7) is 0. The Morgan fingerprint density at radius 1 is 1.00 bits per heavy atom. The van der Waals surface area contributed by atoms with E-state index in [1.165, 1.54) is 18.7 Å². The SMILES string of the molecule is NC(=O)[C@H](c1cncnc1)[C@H](S)n1cnc(-c2cc(C(F)(F)F)cc(C(F)(F)F)c2)n1. The number of aromatic nitrogens is 5. The molecule has 0 saturated carbocycles. The predicted octanol–water partition coefficient (Wildman–Crippen LogP) is 3.47. The molecule has 31 heavy (non-hydrogen) atoms. The van der Waals surface area contributed by atoms with Gasteiger partial charge >= 0.3 is 12.4 Å². The van der Waals surface area contributed by atoms with Crippen molar-refractivity contribution in [2.45, 2.75) is 23.6 Å². The highest BCUT2D eigenvalue weighted by Crippen LogP contribution is 2.38. The van der Waals surface area contributed by atoms with Gasteiger partial charge in [-0.25, -0.2) is 19.6 Å². The minimum absolute atomic E-state index is 0.000429. The molecule has 7 nitrogen and oxygen atoms in total. The van der Waals surface area contributed by atoms with E-state index >= 15 is 0 Å². The molecule has 0 fully saturated rings. The van der Waals surface area contributed by atoms with E-state index in [9.17, 15) is 31.1 Å². The van der Waals surface area contributed by atoms with E-state index < -0.39 is 52.1 Å². The molecule has 0 bridgehead atoms. The van der Waals surface area contributed by atoms with Crippen molar-refractivity contribution in [2.24, 2.45) is 5.73 Å². The molecule has 3 rings (SSSR count). The van der Waals surface area contributed by atoms with Crippen molar-refractivity contribution < 1.29 is 31.1 Å². The highest BCUT2D eigenvalue weighted by atomic mass is 32.1. The van der Waals surface area contributed by atoms with Gasteiger partial charge in [0, 0.05) is 23.5 Å². The summed E-state index contributed by atoms with van der Waals surface area (Å²) in [5, 5.41) is 2.82. The fourth-order valence-corrected chi connectivity index (χ4v) is 3.16. The summed E-state index contributed by atoms with van der Waals surface area (Å²) in [6.07, 6.45) is -5.18. The molecule has 14 heteroatoms. The van der Waals surface area contributed by atoms with Crippen molar-refractivity contribution >= 4 is 18.5 Å². The molecule has 2 aromatic heterocycles. The topological polar surface area (TPSA) is 99.6 Å². The molecule has 0 unspecified atom stereocenters. The van der Waals surface area contributed by atoms with Gasteiger partial charge in [0.25, 0.3) is 0 Å². The quantitative estimate of drug-likeness (QED) is 0.447. The third kappa shape index (κ3) is 4.95. The second-order valence-corrected chi connectivity index (χ2v) is 6.84. The molecule has 0 saturated heterocycles. The number of benzene rings is 1. The lowest BCUT2D eigenvalue weighted by Crippen LogP contribution is -2.28. The lowest BCUT2D eigenvalue weighted by Gasteiger charge is -2.20. The van der Waals surface area contributed by atoms with Gasteiger partial charge in [0.05, 0.1) is 17.0 Å². The van der Waals surface area contributed by atoms with Crippen LogP contribution in [0.4, 0.5) is 26.3 Å². The first-order valence-electron chi connectivity index (χ1n) is 8.31. The number of carbonyl (C=O) groups excluding carboxylic acids is 1. The molecule has 2 atom stereocenters. The van der Waals surface area contributed by atoms with Gasteiger partial charge in [0.15, 0.2) is 5.82 Å². The van der Waals surface area contributed by atoms with E-state index in [4.69, 9.17) is 5.73 Å². The third-order valence-corrected chi connectivity index (χ3v) is 4.70. The maximum absolute atomic E-state index is 13.1. The summed E-state index contributed by atoms with van der Waals surface area (Å²) in [7, 11) is 0. The maximum atomic E-state index is 13.1. The third-order valence-electron chi connectivity index (χ3n) is 4.17. The molecule has 0 aliphatic rings. The van der Waals surface area contributed by atoms with Crippen LogP contribution in [-0.2, 0) is 17.1 Å². The van der Waals surface area contributed by atoms with E-state index in [1.54, 1.807) is 0 Å². The predicted molar refractivity (Wildman–Crippen MR) is 97.5 cm³/mol. The lowest BCUT2D eigenvalue weighted by atomic mass is 10.0. The normalized spacial score (nSPS) is 14.3. The van der Waals surface area contributed by atoms with Gasteiger partial charge in [-0.15, -0.1) is 5.10 Å². The van der Waals surface area contributed by atoms with Crippen LogP contribution >= 0.6 is 12.6 Å². The number of halogens is 6. The number of hydrogen-bond donors (Lipinski definition) is 2. The van der Waals surface area contributed by atoms with Gasteiger partial charge in [0.1, 0.15) is 18.0 Å². The lowest BCUT2D eigenvalue weighted by molar-refractivity contribution is -0.143. The summed E-state index contributed by atoms with van der Waals surface area (Å²) >= 11 is 4.27. The number of alkyl halides is 6. The summed E-state index contributed by atoms with van der Waals surface area (Å²) in [6, 6.07) is 0.999. The Morgan fingerprint density at radius 3 is 2.03 bits per heavy atom. The highest BCUT2D eigenvalue weighted by Gasteiger charge is 2.37. The van der Waals surface area contributed by atoms with Crippen molar-refractivity contribution in [3.8, 4) is 11.4 Å². The zero-order chi connectivity index (χ0) is 23.0. The van der Waals surface area contributed by atoms with Gasteiger partial charge in [-0.3, -0.25) is 4.79 Å². The van der Waals surface area contributed by atoms with Crippen LogP contribution in [0.3, 0.4) is 0 Å². The molecule has 3 aromatic rings. The average molecular weight is 462 g/mol. The summed E-state index contributed by atoms with van der Waals surface area (Å²) in [5.74, 6) is -2.36. The first kappa shape index (κ1) is 22.5. The van der Waals surface area contributed by atoms with Crippen LogP contribution in [0.1, 0.15) is 28.0 Å². The van der Waals surface area contributed by atoms with Crippen molar-refractivity contribution in [1.82, 2.24) is 24.7 Å². The van der Waals surface area contributed by atoms with Crippen LogP contribution in [-0.4, -0.2) is 30.6 Å². The minimum Gasteiger partial charge on any atom is -0.369 e. The molecule has 2 N–H and O–H groups in total. The van der Waals surface area contributed by atoms with Crippen molar-refractivity contribution in [2.75, 3.05) is 0 Å². The van der Waals surface area contributed by atoms with Crippen LogP contribution in [0.2, 0.25) is 0 Å². The molecule has 2 heterocycles. The van der Waals surface area contributed by atoms with Gasteiger partial charge in [-0.05, 0) is 18.2 Å². The Morgan fingerprint density at radius 2 is 1.55 bits per heavy atom. The zero-order valence-electron chi connectivity index (χ0n) is 15.1.